The van der Waals surface area contributed by atoms with Crippen LogP contribution in [0.15, 0.2) is 53.3 Å². The molecule has 13 nitrogen and oxygen atoms in total. The minimum Gasteiger partial charge on any atom is -0.493 e. The summed E-state index contributed by atoms with van der Waals surface area (Å²) in [5, 5.41) is 16.3. The number of methoxy groups -OCH3 is 4. The van der Waals surface area contributed by atoms with Crippen LogP contribution < -0.4 is 35.6 Å². The van der Waals surface area contributed by atoms with Gasteiger partial charge in [0.15, 0.2) is 23.1 Å². The molecular formula is C36H42N6O7S. The van der Waals surface area contributed by atoms with Gasteiger partial charge in [-0.2, -0.15) is 16.9 Å². The largest absolute Gasteiger partial charge is 0.493 e. The number of anilines is 2. The topological polar surface area (TPSA) is 166 Å². The first-order valence-electron chi connectivity index (χ1n) is 16.1. The van der Waals surface area contributed by atoms with Gasteiger partial charge in [-0.3, -0.25) is 19.5 Å². The molecule has 14 heteroatoms. The predicted octanol–water partition coefficient (Wildman–Crippen LogP) is 4.97. The number of ether oxygens (including phenoxy) is 4. The molecule has 50 heavy (non-hydrogen) atoms. The fourth-order valence-corrected chi connectivity index (χ4v) is 6.58. The summed E-state index contributed by atoms with van der Waals surface area (Å²) in [6.07, 6.45) is 3.52. The zero-order valence-electron chi connectivity index (χ0n) is 29.0. The molecule has 0 spiro atoms. The summed E-state index contributed by atoms with van der Waals surface area (Å²) >= 11 is 1.60. The van der Waals surface area contributed by atoms with Crippen molar-refractivity contribution in [3.8, 4) is 39.8 Å². The van der Waals surface area contributed by atoms with Crippen LogP contribution in [-0.4, -0.2) is 73.5 Å². The van der Waals surface area contributed by atoms with E-state index >= 15 is 0 Å². The van der Waals surface area contributed by atoms with Gasteiger partial charge in [-0.15, -0.1) is 0 Å². The molecule has 3 aromatic carbocycles. The minimum absolute atomic E-state index is 0.220. The summed E-state index contributed by atoms with van der Waals surface area (Å²) in [7, 11) is 6.23. The number of carbonyl (C=O) groups excluding carboxylic acids is 2. The van der Waals surface area contributed by atoms with Crippen molar-refractivity contribution in [2.45, 2.75) is 44.9 Å². The number of aromatic amines is 1. The van der Waals surface area contributed by atoms with Gasteiger partial charge in [-0.1, -0.05) is 18.2 Å². The highest BCUT2D eigenvalue weighted by molar-refractivity contribution is 7.98. The van der Waals surface area contributed by atoms with Crippen LogP contribution in [0.4, 0.5) is 11.4 Å². The number of nitrogens with zero attached hydrogens (tertiary/aromatic N) is 2. The Bertz CT molecular complexity index is 1920. The van der Waals surface area contributed by atoms with Gasteiger partial charge >= 0.3 is 0 Å². The number of fused-ring (bicyclic) bond motifs is 3. The molecule has 5 rings (SSSR count). The zero-order chi connectivity index (χ0) is 35.8. The van der Waals surface area contributed by atoms with Crippen molar-refractivity contribution in [1.82, 2.24) is 20.5 Å². The van der Waals surface area contributed by atoms with E-state index in [0.717, 1.165) is 11.1 Å². The van der Waals surface area contributed by atoms with Gasteiger partial charge in [-0.25, -0.2) is 4.98 Å². The molecule has 264 valence electrons. The Hall–Kier alpha value is -5.08. The van der Waals surface area contributed by atoms with E-state index in [4.69, 9.17) is 18.9 Å². The highest BCUT2D eigenvalue weighted by Gasteiger charge is 2.30. The molecule has 1 aliphatic carbocycles. The Morgan fingerprint density at radius 2 is 1.84 bits per heavy atom. The number of amides is 2. The Morgan fingerprint density at radius 3 is 2.54 bits per heavy atom. The highest BCUT2D eigenvalue weighted by Crippen LogP contribution is 2.50. The van der Waals surface area contributed by atoms with Gasteiger partial charge in [0.05, 0.1) is 33.1 Å². The molecule has 0 unspecified atom stereocenters. The van der Waals surface area contributed by atoms with Crippen LogP contribution in [0.1, 0.15) is 42.8 Å². The van der Waals surface area contributed by atoms with Gasteiger partial charge < -0.3 is 34.9 Å². The fourth-order valence-electron chi connectivity index (χ4n) is 6.11. The van der Waals surface area contributed by atoms with Gasteiger partial charge in [0.2, 0.25) is 23.0 Å². The average molecular weight is 703 g/mol. The lowest BCUT2D eigenvalue weighted by molar-refractivity contribution is -0.120. The smallest absolute Gasteiger partial charge is 0.246 e. The summed E-state index contributed by atoms with van der Waals surface area (Å²) in [5.41, 5.74) is 4.17. The molecular weight excluding hydrogens is 660 g/mol. The number of nitrogens with one attached hydrogen (secondary N) is 4. The summed E-state index contributed by atoms with van der Waals surface area (Å²) < 4.78 is 22.3. The van der Waals surface area contributed by atoms with Crippen molar-refractivity contribution >= 4 is 35.0 Å². The predicted molar refractivity (Wildman–Crippen MR) is 194 cm³/mol. The van der Waals surface area contributed by atoms with E-state index in [1.807, 2.05) is 30.5 Å². The monoisotopic (exact) mass is 702 g/mol. The number of rotatable bonds is 14. The SMILES string of the molecule is COCc1nc(-c2cccc(NC(=O)[C@@H](CCSC)Nc3ccc4c(cc3=O)[C@@H](NC(C)=O)CCc3cc(OC)c(OC)c(OC)c3-4)c2)n[nH]1. The number of thioether (sulfide) groups is 1. The second-order valence-corrected chi connectivity index (χ2v) is 12.7. The first-order valence-corrected chi connectivity index (χ1v) is 17.4. The molecule has 0 saturated heterocycles. The normalized spacial score (nSPS) is 14.0. The van der Waals surface area contributed by atoms with Crippen LogP contribution in [0.25, 0.3) is 22.5 Å². The van der Waals surface area contributed by atoms with E-state index in [0.29, 0.717) is 82.9 Å². The highest BCUT2D eigenvalue weighted by atomic mass is 32.2. The summed E-state index contributed by atoms with van der Waals surface area (Å²) in [5.74, 6) is 2.60. The molecule has 0 fully saturated rings. The Morgan fingerprint density at radius 1 is 1.04 bits per heavy atom. The van der Waals surface area contributed by atoms with Crippen molar-refractivity contribution in [3.63, 3.8) is 0 Å². The lowest BCUT2D eigenvalue weighted by Crippen LogP contribution is -2.36. The molecule has 2 atom stereocenters. The second-order valence-electron chi connectivity index (χ2n) is 11.7. The second kappa shape index (κ2) is 16.5. The maximum Gasteiger partial charge on any atom is 0.246 e. The van der Waals surface area contributed by atoms with Gasteiger partial charge in [0.25, 0.3) is 0 Å². The van der Waals surface area contributed by atoms with Crippen LogP contribution >= 0.6 is 11.8 Å². The third kappa shape index (κ3) is 8.03. The molecule has 0 saturated carbocycles. The van der Waals surface area contributed by atoms with E-state index in [1.165, 1.54) is 20.1 Å². The third-order valence-electron chi connectivity index (χ3n) is 8.37. The van der Waals surface area contributed by atoms with Crippen molar-refractivity contribution in [2.24, 2.45) is 0 Å². The van der Waals surface area contributed by atoms with E-state index in [2.05, 4.69) is 31.1 Å². The number of benzene rings is 2. The van der Waals surface area contributed by atoms with E-state index in [-0.39, 0.29) is 22.9 Å². The van der Waals surface area contributed by atoms with Crippen molar-refractivity contribution < 1.29 is 28.5 Å². The van der Waals surface area contributed by atoms with Gasteiger partial charge in [-0.05, 0) is 78.3 Å². The van der Waals surface area contributed by atoms with Crippen LogP contribution in [0.2, 0.25) is 0 Å². The first kappa shape index (κ1) is 36.2. The molecule has 0 aliphatic heterocycles. The number of aryl methyl sites for hydroxylation is 1. The number of H-pyrrole nitrogens is 1. The first-order chi connectivity index (χ1) is 24.2. The third-order valence-corrected chi connectivity index (χ3v) is 9.02. The van der Waals surface area contributed by atoms with Crippen molar-refractivity contribution in [2.75, 3.05) is 51.1 Å². The number of hydrogen-bond donors (Lipinski definition) is 4. The molecule has 1 aliphatic rings. The van der Waals surface area contributed by atoms with E-state index in [1.54, 1.807) is 51.3 Å². The van der Waals surface area contributed by atoms with Gasteiger partial charge in [0, 0.05) is 30.8 Å². The maximum absolute atomic E-state index is 14.0. The van der Waals surface area contributed by atoms with Gasteiger partial charge in [0.1, 0.15) is 12.6 Å². The maximum atomic E-state index is 14.0. The summed E-state index contributed by atoms with van der Waals surface area (Å²) in [6, 6.07) is 13.0. The van der Waals surface area contributed by atoms with Crippen LogP contribution in [0, 0.1) is 0 Å². The number of aromatic nitrogens is 3. The number of hydrogen-bond acceptors (Lipinski definition) is 11. The van der Waals surface area contributed by atoms with Crippen LogP contribution in [0.3, 0.4) is 0 Å². The van der Waals surface area contributed by atoms with Crippen molar-refractivity contribution in [3.05, 3.63) is 75.7 Å². The van der Waals surface area contributed by atoms with Crippen LogP contribution in [-0.2, 0) is 27.4 Å². The Kier molecular flexibility index (Phi) is 12.0. The molecule has 2 amide bonds. The lowest BCUT2D eigenvalue weighted by atomic mass is 9.95. The number of carbonyl (C=O) groups is 2. The standard InChI is InChI=1S/C36H42N6O7S/c1-20(43)37-26-12-10-21-17-30(47-3)33(48-4)34(49-5)32(21)24-11-13-27(29(44)18-25(24)26)39-28(14-15-50-6)36(45)38-23-9-7-8-22(16-23)35-40-31(19-46-2)41-42-35/h7-9,11,13,16-18,26,28H,10,12,14-15,19H2,1-6H3,(H,37,43)(H,38,45)(H,39,44)(H,40,41,42)/t26-,28+/m0/s1. The Balaban J connectivity index is 1.52. The molecule has 0 radical (unpaired) electrons. The van der Waals surface area contributed by atoms with E-state index < -0.39 is 12.1 Å². The molecule has 1 aromatic heterocycles. The Labute approximate surface area is 294 Å². The molecule has 4 aromatic rings. The molecule has 4 N–H and O–H groups in total. The van der Waals surface area contributed by atoms with Crippen molar-refractivity contribution in [1.29, 1.82) is 0 Å². The van der Waals surface area contributed by atoms with E-state index in [9.17, 15) is 14.4 Å². The van der Waals surface area contributed by atoms with Crippen LogP contribution in [0.5, 0.6) is 17.2 Å². The average Bonchev–Trinajstić information content (AvgIpc) is 3.46. The lowest BCUT2D eigenvalue weighted by Gasteiger charge is -2.19. The molecule has 0 bridgehead atoms. The summed E-state index contributed by atoms with van der Waals surface area (Å²) in [6.45, 7) is 1.75. The zero-order valence-corrected chi connectivity index (χ0v) is 29.8. The summed E-state index contributed by atoms with van der Waals surface area (Å²) in [4.78, 5) is 44.5. The fraction of sp³-hybridized carbons (Fsp3) is 0.361. The molecule has 1 heterocycles. The minimum atomic E-state index is -0.741. The quantitative estimate of drug-likeness (QED) is 0.140.